The summed E-state index contributed by atoms with van der Waals surface area (Å²) in [5, 5.41) is 35.6. The summed E-state index contributed by atoms with van der Waals surface area (Å²) < 4.78 is 0. The van der Waals surface area contributed by atoms with E-state index in [9.17, 15) is 14.7 Å². The highest BCUT2D eigenvalue weighted by atomic mass is 16.4. The fourth-order valence-corrected chi connectivity index (χ4v) is 1.36. The molecule has 3 N–H and O–H groups in total. The van der Waals surface area contributed by atoms with Crippen LogP contribution in [0.25, 0.3) is 0 Å². The molecule has 0 radical (unpaired) electrons. The molecule has 0 amide bonds. The van der Waals surface area contributed by atoms with Crippen molar-refractivity contribution in [1.82, 2.24) is 0 Å². The molecule has 0 spiro atoms. The first kappa shape index (κ1) is 13.8. The van der Waals surface area contributed by atoms with Gasteiger partial charge >= 0.3 is 5.97 Å². The molecule has 0 aliphatic carbocycles. The first-order valence-corrected chi connectivity index (χ1v) is 5.06. The van der Waals surface area contributed by atoms with Crippen molar-refractivity contribution in [2.24, 2.45) is 0 Å². The van der Waals surface area contributed by atoms with Crippen LogP contribution in [0.2, 0.25) is 0 Å². The number of carboxylic acid groups (broad SMARTS) is 1. The summed E-state index contributed by atoms with van der Waals surface area (Å²) in [5.41, 5.74) is 0.468. The number of benzene rings is 1. The Balaban J connectivity index is 2.86. The maximum absolute atomic E-state index is 11.3. The van der Waals surface area contributed by atoms with Gasteiger partial charge in [0.05, 0.1) is 12.5 Å². The molecule has 2 unspecified atom stereocenters. The minimum absolute atomic E-state index is 0.179. The average Bonchev–Trinajstić information content (AvgIpc) is 2.37. The van der Waals surface area contributed by atoms with Crippen LogP contribution in [0.4, 0.5) is 0 Å². The number of hydrogen-bond donors (Lipinski definition) is 3. The lowest BCUT2D eigenvalue weighted by Crippen LogP contribution is -2.27. The van der Waals surface area contributed by atoms with Gasteiger partial charge in [-0.25, -0.2) is 4.79 Å². The Morgan fingerprint density at radius 1 is 1.22 bits per heavy atom. The van der Waals surface area contributed by atoms with Crippen LogP contribution in [0, 0.1) is 11.3 Å². The minimum Gasteiger partial charge on any atom is -0.479 e. The van der Waals surface area contributed by atoms with E-state index in [1.807, 2.05) is 0 Å². The predicted molar refractivity (Wildman–Crippen MR) is 59.6 cm³/mol. The number of carbonyl (C=O) groups is 2. The zero-order valence-corrected chi connectivity index (χ0v) is 9.28. The molecule has 2 atom stereocenters. The lowest BCUT2D eigenvalue weighted by Gasteiger charge is -2.14. The van der Waals surface area contributed by atoms with Crippen molar-refractivity contribution in [2.75, 3.05) is 0 Å². The standard InChI is InChI=1S/C12H11NO5/c13-6-5-9(14)7-1-3-8(4-2-7)10(15)11(16)12(17)18/h1-4,10-11,15-16H,5H2,(H,17,18). The van der Waals surface area contributed by atoms with E-state index in [0.29, 0.717) is 0 Å². The molecular weight excluding hydrogens is 238 g/mol. The first-order valence-electron chi connectivity index (χ1n) is 5.06. The third-order valence-electron chi connectivity index (χ3n) is 2.37. The fourth-order valence-electron chi connectivity index (χ4n) is 1.36. The summed E-state index contributed by atoms with van der Waals surface area (Å²) in [6.07, 6.45) is -3.74. The highest BCUT2D eigenvalue weighted by Gasteiger charge is 2.25. The topological polar surface area (TPSA) is 119 Å². The number of nitrogens with zero attached hydrogens (tertiary/aromatic N) is 1. The molecule has 6 heteroatoms. The Kier molecular flexibility index (Phi) is 4.54. The molecule has 0 aromatic heterocycles. The smallest absolute Gasteiger partial charge is 0.335 e. The van der Waals surface area contributed by atoms with E-state index >= 15 is 0 Å². The molecule has 18 heavy (non-hydrogen) atoms. The van der Waals surface area contributed by atoms with Crippen LogP contribution in [-0.4, -0.2) is 33.2 Å². The van der Waals surface area contributed by atoms with Gasteiger partial charge in [0.25, 0.3) is 0 Å². The van der Waals surface area contributed by atoms with Crippen molar-refractivity contribution in [3.8, 4) is 6.07 Å². The molecule has 0 bridgehead atoms. The molecule has 0 saturated heterocycles. The number of nitriles is 1. The molecule has 1 aromatic carbocycles. The molecule has 1 aromatic rings. The van der Waals surface area contributed by atoms with Crippen molar-refractivity contribution in [1.29, 1.82) is 5.26 Å². The summed E-state index contributed by atoms with van der Waals surface area (Å²) >= 11 is 0. The van der Waals surface area contributed by atoms with Crippen molar-refractivity contribution >= 4 is 11.8 Å². The van der Waals surface area contributed by atoms with Crippen molar-refractivity contribution in [3.05, 3.63) is 35.4 Å². The zero-order chi connectivity index (χ0) is 13.7. The second-order valence-corrected chi connectivity index (χ2v) is 3.61. The SMILES string of the molecule is N#CCC(=O)c1ccc(C(O)C(O)C(=O)O)cc1. The predicted octanol–water partition coefficient (Wildman–Crippen LogP) is 0.262. The van der Waals surface area contributed by atoms with Gasteiger partial charge in [0.1, 0.15) is 6.10 Å². The quantitative estimate of drug-likeness (QED) is 0.644. The van der Waals surface area contributed by atoms with Crippen molar-refractivity contribution in [3.63, 3.8) is 0 Å². The molecule has 0 aliphatic heterocycles. The number of carboxylic acids is 1. The summed E-state index contributed by atoms with van der Waals surface area (Å²) in [7, 11) is 0. The molecule has 6 nitrogen and oxygen atoms in total. The van der Waals surface area contributed by atoms with Crippen LogP contribution in [0.3, 0.4) is 0 Å². The largest absolute Gasteiger partial charge is 0.479 e. The fraction of sp³-hybridized carbons (Fsp3) is 0.250. The maximum Gasteiger partial charge on any atom is 0.335 e. The van der Waals surface area contributed by atoms with Crippen LogP contribution in [-0.2, 0) is 4.79 Å². The number of aliphatic carboxylic acids is 1. The maximum atomic E-state index is 11.3. The highest BCUT2D eigenvalue weighted by molar-refractivity contribution is 5.97. The lowest BCUT2D eigenvalue weighted by molar-refractivity contribution is -0.153. The van der Waals surface area contributed by atoms with E-state index < -0.39 is 18.2 Å². The Morgan fingerprint density at radius 3 is 2.22 bits per heavy atom. The average molecular weight is 249 g/mol. The van der Waals surface area contributed by atoms with E-state index in [0.717, 1.165) is 0 Å². The number of ketones is 1. The van der Waals surface area contributed by atoms with Gasteiger partial charge < -0.3 is 15.3 Å². The van der Waals surface area contributed by atoms with E-state index in [4.69, 9.17) is 15.5 Å². The van der Waals surface area contributed by atoms with Crippen LogP contribution in [0.15, 0.2) is 24.3 Å². The number of aliphatic hydroxyl groups excluding tert-OH is 2. The highest BCUT2D eigenvalue weighted by Crippen LogP contribution is 2.18. The van der Waals surface area contributed by atoms with Crippen LogP contribution >= 0.6 is 0 Å². The second-order valence-electron chi connectivity index (χ2n) is 3.61. The van der Waals surface area contributed by atoms with Crippen LogP contribution < -0.4 is 0 Å². The minimum atomic E-state index is -1.93. The second kappa shape index (κ2) is 5.91. The molecule has 0 fully saturated rings. The molecule has 1 rings (SSSR count). The van der Waals surface area contributed by atoms with E-state index in [1.54, 1.807) is 6.07 Å². The van der Waals surface area contributed by atoms with Crippen molar-refractivity contribution < 1.29 is 24.9 Å². The third kappa shape index (κ3) is 3.13. The van der Waals surface area contributed by atoms with E-state index in [2.05, 4.69) is 0 Å². The number of carbonyl (C=O) groups excluding carboxylic acids is 1. The van der Waals surface area contributed by atoms with Gasteiger partial charge in [0.15, 0.2) is 11.9 Å². The third-order valence-corrected chi connectivity index (χ3v) is 2.37. The Hall–Kier alpha value is -2.23. The molecule has 0 saturated carbocycles. The Labute approximate surface area is 103 Å². The number of Topliss-reactive ketones (excluding diaryl/α,β-unsaturated/α-hetero) is 1. The Bertz CT molecular complexity index is 488. The van der Waals surface area contributed by atoms with Gasteiger partial charge in [-0.3, -0.25) is 4.79 Å². The molecule has 0 aliphatic rings. The number of rotatable bonds is 5. The van der Waals surface area contributed by atoms with E-state index in [-0.39, 0.29) is 23.3 Å². The summed E-state index contributed by atoms with van der Waals surface area (Å²) in [6.45, 7) is 0. The summed E-state index contributed by atoms with van der Waals surface area (Å²) in [6, 6.07) is 7.13. The van der Waals surface area contributed by atoms with Crippen molar-refractivity contribution in [2.45, 2.75) is 18.6 Å². The van der Waals surface area contributed by atoms with Gasteiger partial charge in [-0.2, -0.15) is 5.26 Å². The Morgan fingerprint density at radius 2 is 1.78 bits per heavy atom. The van der Waals surface area contributed by atoms with Gasteiger partial charge in [-0.05, 0) is 5.56 Å². The van der Waals surface area contributed by atoms with Gasteiger partial charge in [-0.15, -0.1) is 0 Å². The zero-order valence-electron chi connectivity index (χ0n) is 9.28. The molecule has 0 heterocycles. The normalized spacial score (nSPS) is 13.4. The summed E-state index contributed by atoms with van der Waals surface area (Å²) in [4.78, 5) is 21.8. The number of hydrogen-bond acceptors (Lipinski definition) is 5. The van der Waals surface area contributed by atoms with Gasteiger partial charge in [0.2, 0.25) is 0 Å². The monoisotopic (exact) mass is 249 g/mol. The van der Waals surface area contributed by atoms with Crippen LogP contribution in [0.1, 0.15) is 28.4 Å². The van der Waals surface area contributed by atoms with Gasteiger partial charge in [-0.1, -0.05) is 24.3 Å². The van der Waals surface area contributed by atoms with Gasteiger partial charge in [0, 0.05) is 5.56 Å². The first-order chi connectivity index (χ1) is 8.47. The molecular formula is C12H11NO5. The number of aliphatic hydroxyl groups is 2. The van der Waals surface area contributed by atoms with Crippen LogP contribution in [0.5, 0.6) is 0 Å². The summed E-state index contributed by atoms with van der Waals surface area (Å²) in [5.74, 6) is -1.90. The van der Waals surface area contributed by atoms with E-state index in [1.165, 1.54) is 24.3 Å². The lowest BCUT2D eigenvalue weighted by atomic mass is 10.0. The molecule has 94 valence electrons.